The van der Waals surface area contributed by atoms with Crippen LogP contribution in [0.2, 0.25) is 0 Å². The number of fused-ring (bicyclic) bond motifs is 1. The van der Waals surface area contributed by atoms with E-state index in [0.717, 1.165) is 16.7 Å². The van der Waals surface area contributed by atoms with E-state index in [4.69, 9.17) is 4.74 Å². The highest BCUT2D eigenvalue weighted by Gasteiger charge is 2.78. The average Bonchev–Trinajstić information content (AvgIpc) is 3.49. The number of likely N-dealkylation sites (tertiary alicyclic amines) is 1. The molecule has 2 unspecified atom stereocenters. The van der Waals surface area contributed by atoms with Crippen LogP contribution in [0.25, 0.3) is 0 Å². The Morgan fingerprint density at radius 3 is 2.35 bits per heavy atom. The first kappa shape index (κ1) is 28.3. The van der Waals surface area contributed by atoms with E-state index in [-0.39, 0.29) is 30.2 Å². The fourth-order valence-electron chi connectivity index (χ4n) is 7.38. The molecule has 40 heavy (non-hydrogen) atoms. The summed E-state index contributed by atoms with van der Waals surface area (Å²) in [4.78, 5) is 43.9. The SMILES string of the molecule is Cc1cccc(C)c1NC(=O)C1N([C@@H](CO)CC(C)C)C(=O)[C@@H]2[C@@H](C(=O)NCc3ccccc3)[C@@]3(C)CCC12O3. The lowest BCUT2D eigenvalue weighted by Crippen LogP contribution is -2.56. The van der Waals surface area contributed by atoms with Gasteiger partial charge in [-0.2, -0.15) is 0 Å². The topological polar surface area (TPSA) is 108 Å². The largest absolute Gasteiger partial charge is 0.394 e. The molecular formula is C32H41N3O5. The van der Waals surface area contributed by atoms with Crippen LogP contribution in [-0.2, 0) is 25.7 Å². The predicted octanol–water partition coefficient (Wildman–Crippen LogP) is 3.73. The minimum absolute atomic E-state index is 0.185. The van der Waals surface area contributed by atoms with E-state index in [2.05, 4.69) is 10.6 Å². The Morgan fingerprint density at radius 1 is 1.05 bits per heavy atom. The van der Waals surface area contributed by atoms with Crippen molar-refractivity contribution in [2.45, 2.75) is 83.7 Å². The summed E-state index contributed by atoms with van der Waals surface area (Å²) in [7, 11) is 0. The van der Waals surface area contributed by atoms with Gasteiger partial charge in [-0.05, 0) is 62.6 Å². The van der Waals surface area contributed by atoms with Crippen molar-refractivity contribution >= 4 is 23.4 Å². The monoisotopic (exact) mass is 547 g/mol. The van der Waals surface area contributed by atoms with Gasteiger partial charge < -0.3 is 25.4 Å². The highest BCUT2D eigenvalue weighted by molar-refractivity contribution is 6.04. The number of anilines is 1. The molecule has 8 nitrogen and oxygen atoms in total. The second kappa shape index (κ2) is 10.6. The summed E-state index contributed by atoms with van der Waals surface area (Å²) >= 11 is 0. The number of carbonyl (C=O) groups excluding carboxylic acids is 3. The van der Waals surface area contributed by atoms with Crippen molar-refractivity contribution in [3.63, 3.8) is 0 Å². The van der Waals surface area contributed by atoms with Crippen LogP contribution in [0.15, 0.2) is 48.5 Å². The van der Waals surface area contributed by atoms with Gasteiger partial charge in [0, 0.05) is 12.2 Å². The third-order valence-electron chi connectivity index (χ3n) is 9.13. The first-order valence-corrected chi connectivity index (χ1v) is 14.3. The second-order valence-electron chi connectivity index (χ2n) is 12.4. The molecule has 3 heterocycles. The third kappa shape index (κ3) is 4.61. The summed E-state index contributed by atoms with van der Waals surface area (Å²) in [6.45, 7) is 9.87. The van der Waals surface area contributed by atoms with E-state index >= 15 is 0 Å². The first-order valence-electron chi connectivity index (χ1n) is 14.3. The molecule has 3 saturated heterocycles. The number of aliphatic hydroxyl groups excluding tert-OH is 1. The number of carbonyl (C=O) groups is 3. The van der Waals surface area contributed by atoms with Gasteiger partial charge in [0.15, 0.2) is 0 Å². The Morgan fingerprint density at radius 2 is 1.73 bits per heavy atom. The number of hydrogen-bond donors (Lipinski definition) is 3. The summed E-state index contributed by atoms with van der Waals surface area (Å²) < 4.78 is 6.72. The van der Waals surface area contributed by atoms with E-state index in [1.807, 2.05) is 83.1 Å². The van der Waals surface area contributed by atoms with Crippen LogP contribution in [0, 0.1) is 31.6 Å². The van der Waals surface area contributed by atoms with Crippen molar-refractivity contribution in [3.8, 4) is 0 Å². The molecule has 2 aromatic rings. The highest BCUT2D eigenvalue weighted by atomic mass is 16.5. The zero-order valence-corrected chi connectivity index (χ0v) is 24.1. The molecule has 2 bridgehead atoms. The number of amides is 3. The summed E-state index contributed by atoms with van der Waals surface area (Å²) in [6.07, 6.45) is 1.58. The number of rotatable bonds is 9. The number of aliphatic hydroxyl groups is 1. The first-order chi connectivity index (χ1) is 19.0. The zero-order chi connectivity index (χ0) is 28.8. The van der Waals surface area contributed by atoms with Crippen molar-refractivity contribution in [1.82, 2.24) is 10.2 Å². The van der Waals surface area contributed by atoms with Crippen LogP contribution in [0.5, 0.6) is 0 Å². The molecular weight excluding hydrogens is 506 g/mol. The van der Waals surface area contributed by atoms with Gasteiger partial charge in [-0.3, -0.25) is 14.4 Å². The van der Waals surface area contributed by atoms with E-state index in [1.165, 1.54) is 0 Å². The van der Waals surface area contributed by atoms with E-state index in [0.29, 0.717) is 31.5 Å². The lowest BCUT2D eigenvalue weighted by Gasteiger charge is -2.37. The van der Waals surface area contributed by atoms with Crippen molar-refractivity contribution < 1.29 is 24.2 Å². The van der Waals surface area contributed by atoms with Gasteiger partial charge in [0.05, 0.1) is 30.1 Å². The van der Waals surface area contributed by atoms with E-state index in [9.17, 15) is 19.5 Å². The molecule has 214 valence electrons. The van der Waals surface area contributed by atoms with Gasteiger partial charge >= 0.3 is 0 Å². The van der Waals surface area contributed by atoms with Gasteiger partial charge in [0.1, 0.15) is 11.6 Å². The Kier molecular flexibility index (Phi) is 7.52. The standard InChI is InChI=1S/C32H41N3O5/c1-19(2)16-23(18-36)35-27(29(38)34-26-20(3)10-9-11-21(26)4)32-15-14-31(5,40-32)24(25(32)30(35)39)28(37)33-17-22-12-7-6-8-13-22/h6-13,19,23-25,27,36H,14-18H2,1-5H3,(H,33,37)(H,34,38)/t23-,24+,25+,27?,31-,32?/m1/s1. The van der Waals surface area contributed by atoms with Crippen LogP contribution in [0.1, 0.15) is 56.7 Å². The molecule has 5 rings (SSSR count). The lowest BCUT2D eigenvalue weighted by molar-refractivity contribution is -0.148. The van der Waals surface area contributed by atoms with E-state index < -0.39 is 35.1 Å². The Hall–Kier alpha value is -3.23. The van der Waals surface area contributed by atoms with Gasteiger partial charge in [-0.1, -0.05) is 62.4 Å². The Balaban J connectivity index is 1.52. The van der Waals surface area contributed by atoms with Crippen molar-refractivity contribution in [2.75, 3.05) is 11.9 Å². The number of nitrogens with zero attached hydrogens (tertiary/aromatic N) is 1. The maximum absolute atomic E-state index is 14.4. The number of aryl methyl sites for hydroxylation is 2. The molecule has 0 aliphatic carbocycles. The molecule has 6 atom stereocenters. The maximum atomic E-state index is 14.4. The molecule has 3 fully saturated rings. The van der Waals surface area contributed by atoms with E-state index in [1.54, 1.807) is 4.90 Å². The summed E-state index contributed by atoms with van der Waals surface area (Å²) in [5.74, 6) is -2.24. The molecule has 3 aliphatic rings. The zero-order valence-electron chi connectivity index (χ0n) is 24.1. The average molecular weight is 548 g/mol. The minimum atomic E-state index is -1.15. The normalized spacial score (nSPS) is 29.5. The molecule has 2 aromatic carbocycles. The fourth-order valence-corrected chi connectivity index (χ4v) is 7.38. The highest BCUT2D eigenvalue weighted by Crippen LogP contribution is 2.63. The molecule has 0 aromatic heterocycles. The minimum Gasteiger partial charge on any atom is -0.394 e. The number of hydrogen-bond acceptors (Lipinski definition) is 5. The Labute approximate surface area is 236 Å². The van der Waals surface area contributed by atoms with Gasteiger partial charge in [-0.15, -0.1) is 0 Å². The smallest absolute Gasteiger partial charge is 0.250 e. The fraction of sp³-hybridized carbons (Fsp3) is 0.531. The molecule has 0 saturated carbocycles. The van der Waals surface area contributed by atoms with Crippen LogP contribution in [0.4, 0.5) is 5.69 Å². The number of benzene rings is 2. The third-order valence-corrected chi connectivity index (χ3v) is 9.13. The molecule has 1 spiro atoms. The quantitative estimate of drug-likeness (QED) is 0.444. The summed E-state index contributed by atoms with van der Waals surface area (Å²) in [6, 6.07) is 13.9. The van der Waals surface area contributed by atoms with Crippen LogP contribution in [0.3, 0.4) is 0 Å². The summed E-state index contributed by atoms with van der Waals surface area (Å²) in [5.41, 5.74) is 1.49. The lowest BCUT2D eigenvalue weighted by atomic mass is 9.66. The predicted molar refractivity (Wildman–Crippen MR) is 152 cm³/mol. The van der Waals surface area contributed by atoms with Gasteiger partial charge in [0.25, 0.3) is 0 Å². The number of nitrogens with one attached hydrogen (secondary N) is 2. The maximum Gasteiger partial charge on any atom is 0.250 e. The number of ether oxygens (including phenoxy) is 1. The van der Waals surface area contributed by atoms with Crippen LogP contribution < -0.4 is 10.6 Å². The second-order valence-corrected chi connectivity index (χ2v) is 12.4. The Bertz CT molecular complexity index is 1280. The molecule has 0 radical (unpaired) electrons. The number of para-hydroxylation sites is 1. The van der Waals surface area contributed by atoms with Crippen LogP contribution in [-0.4, -0.2) is 57.6 Å². The van der Waals surface area contributed by atoms with Crippen molar-refractivity contribution in [1.29, 1.82) is 0 Å². The summed E-state index contributed by atoms with van der Waals surface area (Å²) in [5, 5.41) is 16.6. The van der Waals surface area contributed by atoms with Gasteiger partial charge in [-0.25, -0.2) is 0 Å². The molecule has 3 amide bonds. The molecule has 8 heteroatoms. The molecule has 3 N–H and O–H groups in total. The molecule has 3 aliphatic heterocycles. The van der Waals surface area contributed by atoms with Gasteiger partial charge in [0.2, 0.25) is 17.7 Å². The van der Waals surface area contributed by atoms with Crippen LogP contribution >= 0.6 is 0 Å². The van der Waals surface area contributed by atoms with Crippen molar-refractivity contribution in [2.24, 2.45) is 17.8 Å². The van der Waals surface area contributed by atoms with Crippen molar-refractivity contribution in [3.05, 3.63) is 65.2 Å².